The maximum Gasteiger partial charge on any atom is 0.250 e. The van der Waals surface area contributed by atoms with Gasteiger partial charge < -0.3 is 4.90 Å². The molecule has 8 heteroatoms. The van der Waals surface area contributed by atoms with E-state index in [9.17, 15) is 4.79 Å². The molecule has 24 heavy (non-hydrogen) atoms. The van der Waals surface area contributed by atoms with Crippen molar-refractivity contribution < 1.29 is 4.79 Å². The summed E-state index contributed by atoms with van der Waals surface area (Å²) in [5, 5.41) is 8.48. The highest BCUT2D eigenvalue weighted by molar-refractivity contribution is 9.10. The highest BCUT2D eigenvalue weighted by Gasteiger charge is 2.35. The summed E-state index contributed by atoms with van der Waals surface area (Å²) in [6.45, 7) is 7.94. The van der Waals surface area contributed by atoms with E-state index in [1.807, 2.05) is 49.1 Å². The minimum atomic E-state index is -0.683. The highest BCUT2D eigenvalue weighted by Crippen LogP contribution is 2.21. The molecular formula is C16H23BrN6O. The minimum Gasteiger partial charge on any atom is -0.338 e. The van der Waals surface area contributed by atoms with Crippen molar-refractivity contribution in [1.82, 2.24) is 29.4 Å². The Bertz CT molecular complexity index is 714. The van der Waals surface area contributed by atoms with Crippen LogP contribution in [0.15, 0.2) is 29.3 Å². The number of piperazine rings is 1. The summed E-state index contributed by atoms with van der Waals surface area (Å²) in [5.74, 6) is 0.110. The molecule has 2 aromatic rings. The van der Waals surface area contributed by atoms with Crippen molar-refractivity contribution >= 4 is 21.8 Å². The molecular weight excluding hydrogens is 372 g/mol. The molecule has 0 unspecified atom stereocenters. The van der Waals surface area contributed by atoms with E-state index >= 15 is 0 Å². The lowest BCUT2D eigenvalue weighted by Gasteiger charge is -2.38. The van der Waals surface area contributed by atoms with E-state index in [0.717, 1.165) is 37.2 Å². The number of halogens is 1. The van der Waals surface area contributed by atoms with Gasteiger partial charge >= 0.3 is 0 Å². The average Bonchev–Trinajstić information content (AvgIpc) is 3.16. The molecule has 130 valence electrons. The van der Waals surface area contributed by atoms with Gasteiger partial charge in [0.1, 0.15) is 5.54 Å². The SMILES string of the molecule is Cn1cc(CN2CCN(C(=O)C(C)(C)n3cc(Br)cn3)CC2)cn1. The predicted molar refractivity (Wildman–Crippen MR) is 94.3 cm³/mol. The van der Waals surface area contributed by atoms with Gasteiger partial charge in [-0.2, -0.15) is 10.2 Å². The number of hydrogen-bond donors (Lipinski definition) is 0. The molecule has 0 aliphatic carbocycles. The largest absolute Gasteiger partial charge is 0.338 e. The summed E-state index contributed by atoms with van der Waals surface area (Å²) in [7, 11) is 1.93. The van der Waals surface area contributed by atoms with Gasteiger partial charge in [0.15, 0.2) is 0 Å². The third-order valence-corrected chi connectivity index (χ3v) is 4.88. The first-order valence-corrected chi connectivity index (χ1v) is 8.85. The van der Waals surface area contributed by atoms with Gasteiger partial charge in [-0.3, -0.25) is 19.1 Å². The van der Waals surface area contributed by atoms with Gasteiger partial charge in [-0.25, -0.2) is 0 Å². The van der Waals surface area contributed by atoms with E-state index in [-0.39, 0.29) is 5.91 Å². The lowest BCUT2D eigenvalue weighted by Crippen LogP contribution is -2.54. The summed E-state index contributed by atoms with van der Waals surface area (Å²) in [5.41, 5.74) is 0.524. The first kappa shape index (κ1) is 17.2. The number of aryl methyl sites for hydroxylation is 1. The zero-order chi connectivity index (χ0) is 17.3. The molecule has 1 fully saturated rings. The van der Waals surface area contributed by atoms with Crippen molar-refractivity contribution in [2.45, 2.75) is 25.9 Å². The van der Waals surface area contributed by atoms with Gasteiger partial charge in [-0.1, -0.05) is 0 Å². The summed E-state index contributed by atoms with van der Waals surface area (Å²) < 4.78 is 4.42. The van der Waals surface area contributed by atoms with Gasteiger partial charge in [0.25, 0.3) is 0 Å². The Balaban J connectivity index is 1.58. The molecule has 0 radical (unpaired) electrons. The molecule has 3 rings (SSSR count). The Hall–Kier alpha value is -1.67. The van der Waals surface area contributed by atoms with Crippen LogP contribution in [0.3, 0.4) is 0 Å². The van der Waals surface area contributed by atoms with Crippen molar-refractivity contribution in [3.05, 3.63) is 34.8 Å². The zero-order valence-electron chi connectivity index (χ0n) is 14.3. The van der Waals surface area contributed by atoms with Crippen molar-refractivity contribution in [2.24, 2.45) is 7.05 Å². The summed E-state index contributed by atoms with van der Waals surface area (Å²) >= 11 is 3.39. The molecule has 0 bridgehead atoms. The second-order valence-electron chi connectivity index (χ2n) is 6.75. The van der Waals surface area contributed by atoms with Crippen molar-refractivity contribution in [3.63, 3.8) is 0 Å². The third-order valence-electron chi connectivity index (χ3n) is 4.47. The van der Waals surface area contributed by atoms with Gasteiger partial charge in [0.2, 0.25) is 5.91 Å². The molecule has 0 spiro atoms. The third kappa shape index (κ3) is 3.54. The van der Waals surface area contributed by atoms with Crippen molar-refractivity contribution in [2.75, 3.05) is 26.2 Å². The Morgan fingerprint density at radius 3 is 2.42 bits per heavy atom. The van der Waals surface area contributed by atoms with Crippen molar-refractivity contribution in [3.8, 4) is 0 Å². The molecule has 1 amide bonds. The van der Waals surface area contributed by atoms with E-state index < -0.39 is 5.54 Å². The second-order valence-corrected chi connectivity index (χ2v) is 7.67. The molecule has 1 aliphatic heterocycles. The molecule has 0 N–H and O–H groups in total. The normalized spacial score (nSPS) is 16.6. The molecule has 0 saturated carbocycles. The maximum atomic E-state index is 12.9. The van der Waals surface area contributed by atoms with E-state index in [2.05, 4.69) is 31.0 Å². The highest BCUT2D eigenvalue weighted by atomic mass is 79.9. The first-order valence-electron chi connectivity index (χ1n) is 8.06. The van der Waals surface area contributed by atoms with E-state index in [1.54, 1.807) is 10.9 Å². The van der Waals surface area contributed by atoms with Crippen molar-refractivity contribution in [1.29, 1.82) is 0 Å². The minimum absolute atomic E-state index is 0.110. The molecule has 7 nitrogen and oxygen atoms in total. The molecule has 2 aromatic heterocycles. The topological polar surface area (TPSA) is 59.2 Å². The fourth-order valence-electron chi connectivity index (χ4n) is 3.01. The fourth-order valence-corrected chi connectivity index (χ4v) is 3.30. The zero-order valence-corrected chi connectivity index (χ0v) is 15.9. The smallest absolute Gasteiger partial charge is 0.250 e. The average molecular weight is 395 g/mol. The predicted octanol–water partition coefficient (Wildman–Crippen LogP) is 1.46. The van der Waals surface area contributed by atoms with Crippen LogP contribution in [0.4, 0.5) is 0 Å². The van der Waals surface area contributed by atoms with Crippen LogP contribution in [0.1, 0.15) is 19.4 Å². The summed E-state index contributed by atoms with van der Waals surface area (Å²) in [6.07, 6.45) is 7.49. The Morgan fingerprint density at radius 2 is 1.88 bits per heavy atom. The summed E-state index contributed by atoms with van der Waals surface area (Å²) in [6, 6.07) is 0. The van der Waals surface area contributed by atoms with Gasteiger partial charge in [0, 0.05) is 57.7 Å². The first-order chi connectivity index (χ1) is 11.4. The van der Waals surface area contributed by atoms with Crippen LogP contribution in [0.2, 0.25) is 0 Å². The standard InChI is InChI=1S/C16H23BrN6O/c1-16(2,23-12-14(17)9-19-23)15(24)22-6-4-21(5-7-22)11-13-8-18-20(3)10-13/h8-10,12H,4-7,11H2,1-3H3. The molecule has 3 heterocycles. The lowest BCUT2D eigenvalue weighted by atomic mass is 10.0. The number of rotatable bonds is 4. The van der Waals surface area contributed by atoms with E-state index in [4.69, 9.17) is 0 Å². The molecule has 0 aromatic carbocycles. The van der Waals surface area contributed by atoms with Crippen LogP contribution in [0.25, 0.3) is 0 Å². The van der Waals surface area contributed by atoms with Gasteiger partial charge in [-0.15, -0.1) is 0 Å². The molecule has 0 atom stereocenters. The quantitative estimate of drug-likeness (QED) is 0.787. The second kappa shape index (κ2) is 6.68. The Morgan fingerprint density at radius 1 is 1.17 bits per heavy atom. The number of amides is 1. The number of nitrogens with zero attached hydrogens (tertiary/aromatic N) is 6. The van der Waals surface area contributed by atoms with Crippen LogP contribution in [-0.2, 0) is 23.9 Å². The number of carbonyl (C=O) groups excluding carboxylic acids is 1. The van der Waals surface area contributed by atoms with Crippen LogP contribution >= 0.6 is 15.9 Å². The number of hydrogen-bond acceptors (Lipinski definition) is 4. The monoisotopic (exact) mass is 394 g/mol. The van der Waals surface area contributed by atoms with E-state index in [1.165, 1.54) is 5.56 Å². The number of carbonyl (C=O) groups is 1. The van der Waals surface area contributed by atoms with Crippen LogP contribution in [0.5, 0.6) is 0 Å². The van der Waals surface area contributed by atoms with E-state index in [0.29, 0.717) is 0 Å². The Labute approximate surface area is 150 Å². The summed E-state index contributed by atoms with van der Waals surface area (Å²) in [4.78, 5) is 17.2. The molecule has 1 saturated heterocycles. The van der Waals surface area contributed by atoms with Gasteiger partial charge in [0.05, 0.1) is 16.9 Å². The lowest BCUT2D eigenvalue weighted by molar-refractivity contribution is -0.141. The number of aromatic nitrogens is 4. The van der Waals surface area contributed by atoms with Gasteiger partial charge in [-0.05, 0) is 29.8 Å². The molecule has 1 aliphatic rings. The Kier molecular flexibility index (Phi) is 4.78. The maximum absolute atomic E-state index is 12.9. The fraction of sp³-hybridized carbons (Fsp3) is 0.562. The van der Waals surface area contributed by atoms with Crippen LogP contribution in [-0.4, -0.2) is 61.4 Å². The van der Waals surface area contributed by atoms with Crippen LogP contribution < -0.4 is 0 Å². The van der Waals surface area contributed by atoms with Crippen LogP contribution in [0, 0.1) is 0 Å².